The molecule has 1 aromatic carbocycles. The van der Waals surface area contributed by atoms with Gasteiger partial charge in [-0.3, -0.25) is 9.59 Å². The van der Waals surface area contributed by atoms with Gasteiger partial charge in [-0.2, -0.15) is 0 Å². The predicted molar refractivity (Wildman–Crippen MR) is 75.4 cm³/mol. The van der Waals surface area contributed by atoms with Crippen LogP contribution < -0.4 is 21.1 Å². The van der Waals surface area contributed by atoms with Crippen molar-refractivity contribution in [2.24, 2.45) is 11.7 Å². The summed E-state index contributed by atoms with van der Waals surface area (Å²) in [7, 11) is 0. The van der Waals surface area contributed by atoms with E-state index in [1.807, 2.05) is 0 Å². The van der Waals surface area contributed by atoms with Gasteiger partial charge in [-0.1, -0.05) is 6.07 Å². The third-order valence-corrected chi connectivity index (χ3v) is 3.19. The van der Waals surface area contributed by atoms with E-state index in [-0.39, 0.29) is 18.4 Å². The lowest BCUT2D eigenvalue weighted by atomic mass is 9.97. The largest absolute Gasteiger partial charge is 0.484 e. The minimum atomic E-state index is -0.533. The average Bonchev–Trinajstić information content (AvgIpc) is 2.46. The number of nitrogens with two attached hydrogens (primary N) is 1. The first kappa shape index (κ1) is 14.3. The first-order chi connectivity index (χ1) is 9.65. The van der Waals surface area contributed by atoms with Gasteiger partial charge in [-0.25, -0.2) is 0 Å². The Hall–Kier alpha value is -2.08. The van der Waals surface area contributed by atoms with Crippen molar-refractivity contribution < 1.29 is 14.3 Å². The molecule has 1 fully saturated rings. The van der Waals surface area contributed by atoms with Gasteiger partial charge in [0.05, 0.1) is 0 Å². The van der Waals surface area contributed by atoms with Crippen molar-refractivity contribution in [3.8, 4) is 5.75 Å². The minimum absolute atomic E-state index is 0.0264. The SMILES string of the molecule is NC(=O)COc1cccc(NC(=O)C2CCNCC2)c1. The van der Waals surface area contributed by atoms with Crippen molar-refractivity contribution >= 4 is 17.5 Å². The van der Waals surface area contributed by atoms with Crippen molar-refractivity contribution in [2.45, 2.75) is 12.8 Å². The second kappa shape index (κ2) is 6.91. The zero-order chi connectivity index (χ0) is 14.4. The molecule has 4 N–H and O–H groups in total. The number of anilines is 1. The Bertz CT molecular complexity index is 484. The van der Waals surface area contributed by atoms with E-state index in [2.05, 4.69) is 10.6 Å². The molecule has 6 heteroatoms. The number of carbonyl (C=O) groups is 2. The second-order valence-electron chi connectivity index (χ2n) is 4.80. The molecule has 108 valence electrons. The first-order valence-corrected chi connectivity index (χ1v) is 6.68. The zero-order valence-electron chi connectivity index (χ0n) is 11.2. The molecule has 0 unspecified atom stereocenters. The Morgan fingerprint density at radius 1 is 1.35 bits per heavy atom. The van der Waals surface area contributed by atoms with E-state index < -0.39 is 5.91 Å². The average molecular weight is 277 g/mol. The topological polar surface area (TPSA) is 93.5 Å². The molecule has 0 radical (unpaired) electrons. The number of rotatable bonds is 5. The van der Waals surface area contributed by atoms with Crippen LogP contribution in [-0.4, -0.2) is 31.5 Å². The van der Waals surface area contributed by atoms with E-state index in [9.17, 15) is 9.59 Å². The van der Waals surface area contributed by atoms with Crippen molar-refractivity contribution in [1.29, 1.82) is 0 Å². The monoisotopic (exact) mass is 277 g/mol. The molecular formula is C14H19N3O3. The fourth-order valence-electron chi connectivity index (χ4n) is 2.15. The van der Waals surface area contributed by atoms with Crippen LogP contribution in [0.3, 0.4) is 0 Å². The van der Waals surface area contributed by atoms with Gasteiger partial charge in [0, 0.05) is 17.7 Å². The molecule has 1 heterocycles. The lowest BCUT2D eigenvalue weighted by Gasteiger charge is -2.21. The summed E-state index contributed by atoms with van der Waals surface area (Å²) >= 11 is 0. The second-order valence-corrected chi connectivity index (χ2v) is 4.80. The van der Waals surface area contributed by atoms with Gasteiger partial charge in [0.25, 0.3) is 5.91 Å². The summed E-state index contributed by atoms with van der Waals surface area (Å²) in [5.74, 6) is 0.0473. The van der Waals surface area contributed by atoms with Crippen LogP contribution in [-0.2, 0) is 9.59 Å². The zero-order valence-corrected chi connectivity index (χ0v) is 11.2. The van der Waals surface area contributed by atoms with Crippen LogP contribution in [0.5, 0.6) is 5.75 Å². The van der Waals surface area contributed by atoms with Gasteiger partial charge < -0.3 is 21.1 Å². The Kier molecular flexibility index (Phi) is 4.95. The smallest absolute Gasteiger partial charge is 0.255 e. The van der Waals surface area contributed by atoms with Crippen LogP contribution in [0.2, 0.25) is 0 Å². The van der Waals surface area contributed by atoms with Crippen LogP contribution in [0.4, 0.5) is 5.69 Å². The number of benzene rings is 1. The molecule has 1 aromatic rings. The van der Waals surface area contributed by atoms with Crippen LogP contribution in [0.15, 0.2) is 24.3 Å². The number of ether oxygens (including phenoxy) is 1. The van der Waals surface area contributed by atoms with E-state index in [4.69, 9.17) is 10.5 Å². The van der Waals surface area contributed by atoms with Crippen LogP contribution in [0.1, 0.15) is 12.8 Å². The summed E-state index contributed by atoms with van der Waals surface area (Å²) in [6, 6.07) is 6.94. The summed E-state index contributed by atoms with van der Waals surface area (Å²) in [6.45, 7) is 1.57. The number of piperidine rings is 1. The van der Waals surface area contributed by atoms with Gasteiger partial charge in [0.1, 0.15) is 5.75 Å². The summed E-state index contributed by atoms with van der Waals surface area (Å²) in [5, 5.41) is 6.10. The van der Waals surface area contributed by atoms with E-state index >= 15 is 0 Å². The van der Waals surface area contributed by atoms with E-state index in [1.165, 1.54) is 0 Å². The Morgan fingerprint density at radius 3 is 2.80 bits per heavy atom. The fourth-order valence-corrected chi connectivity index (χ4v) is 2.15. The van der Waals surface area contributed by atoms with Gasteiger partial charge in [0.2, 0.25) is 5.91 Å². The third kappa shape index (κ3) is 4.24. The molecule has 1 aliphatic heterocycles. The van der Waals surface area contributed by atoms with Gasteiger partial charge in [-0.15, -0.1) is 0 Å². The van der Waals surface area contributed by atoms with Crippen molar-refractivity contribution in [3.63, 3.8) is 0 Å². The Morgan fingerprint density at radius 2 is 2.10 bits per heavy atom. The number of hydrogen-bond donors (Lipinski definition) is 3. The Labute approximate surface area is 117 Å². The van der Waals surface area contributed by atoms with E-state index in [1.54, 1.807) is 24.3 Å². The normalized spacial score (nSPS) is 15.6. The van der Waals surface area contributed by atoms with Crippen LogP contribution >= 0.6 is 0 Å². The number of carbonyl (C=O) groups excluding carboxylic acids is 2. The first-order valence-electron chi connectivity index (χ1n) is 6.68. The number of amides is 2. The van der Waals surface area contributed by atoms with Gasteiger partial charge >= 0.3 is 0 Å². The number of hydrogen-bond acceptors (Lipinski definition) is 4. The van der Waals surface area contributed by atoms with E-state index in [0.717, 1.165) is 25.9 Å². The van der Waals surface area contributed by atoms with Crippen molar-refractivity contribution in [1.82, 2.24) is 5.32 Å². The molecule has 1 aliphatic rings. The molecule has 0 atom stereocenters. The standard InChI is InChI=1S/C14H19N3O3/c15-13(18)9-20-12-3-1-2-11(8-12)17-14(19)10-4-6-16-7-5-10/h1-3,8,10,16H,4-7,9H2,(H2,15,18)(H,17,19). The summed E-state index contributed by atoms with van der Waals surface area (Å²) in [6.07, 6.45) is 1.70. The molecule has 0 aromatic heterocycles. The molecule has 0 aliphatic carbocycles. The van der Waals surface area contributed by atoms with Crippen LogP contribution in [0, 0.1) is 5.92 Å². The summed E-state index contributed by atoms with van der Waals surface area (Å²) < 4.78 is 5.20. The number of primary amides is 1. The summed E-state index contributed by atoms with van der Waals surface area (Å²) in [5.41, 5.74) is 5.68. The molecular weight excluding hydrogens is 258 g/mol. The quantitative estimate of drug-likeness (QED) is 0.730. The lowest BCUT2D eigenvalue weighted by molar-refractivity contribution is -0.121. The maximum Gasteiger partial charge on any atom is 0.255 e. The highest BCUT2D eigenvalue weighted by Gasteiger charge is 2.20. The molecule has 6 nitrogen and oxygen atoms in total. The molecule has 20 heavy (non-hydrogen) atoms. The number of nitrogens with one attached hydrogen (secondary N) is 2. The van der Waals surface area contributed by atoms with Crippen LogP contribution in [0.25, 0.3) is 0 Å². The van der Waals surface area contributed by atoms with E-state index in [0.29, 0.717) is 11.4 Å². The maximum absolute atomic E-state index is 12.1. The molecule has 1 saturated heterocycles. The fraction of sp³-hybridized carbons (Fsp3) is 0.429. The third-order valence-electron chi connectivity index (χ3n) is 3.19. The molecule has 0 spiro atoms. The molecule has 0 bridgehead atoms. The highest BCUT2D eigenvalue weighted by Crippen LogP contribution is 2.20. The maximum atomic E-state index is 12.1. The molecule has 2 rings (SSSR count). The minimum Gasteiger partial charge on any atom is -0.484 e. The highest BCUT2D eigenvalue weighted by molar-refractivity contribution is 5.92. The summed E-state index contributed by atoms with van der Waals surface area (Å²) in [4.78, 5) is 22.8. The van der Waals surface area contributed by atoms with Gasteiger partial charge in [0.15, 0.2) is 6.61 Å². The van der Waals surface area contributed by atoms with Crippen molar-refractivity contribution in [2.75, 3.05) is 25.0 Å². The predicted octanol–water partition coefficient (Wildman–Crippen LogP) is 0.489. The Balaban J connectivity index is 1.93. The lowest BCUT2D eigenvalue weighted by Crippen LogP contribution is -2.34. The van der Waals surface area contributed by atoms with Crippen molar-refractivity contribution in [3.05, 3.63) is 24.3 Å². The molecule has 0 saturated carbocycles. The van der Waals surface area contributed by atoms with Gasteiger partial charge in [-0.05, 0) is 38.1 Å². The highest BCUT2D eigenvalue weighted by atomic mass is 16.5. The molecule has 2 amide bonds.